The molecule has 0 spiro atoms. The third-order valence-corrected chi connectivity index (χ3v) is 1.60. The number of carboxylic acid groups (broad SMARTS) is 1. The summed E-state index contributed by atoms with van der Waals surface area (Å²) >= 11 is 0. The van der Waals surface area contributed by atoms with Crippen LogP contribution >= 0.6 is 8.35 Å². The van der Waals surface area contributed by atoms with Gasteiger partial charge < -0.3 is 5.11 Å². The average molecular weight is 141 g/mol. The molecule has 0 aliphatic heterocycles. The predicted octanol–water partition coefficient (Wildman–Crippen LogP) is 1.36. The molecule has 1 aromatic heterocycles. The number of aromatic carboxylic acids is 1. The summed E-state index contributed by atoms with van der Waals surface area (Å²) in [4.78, 5) is 10.2. The molecular formula is C5H4NO2P. The summed E-state index contributed by atoms with van der Waals surface area (Å²) in [5.74, 6) is -0.898. The fourth-order valence-electron chi connectivity index (χ4n) is 0.416. The van der Waals surface area contributed by atoms with Crippen molar-refractivity contribution in [3.8, 4) is 0 Å². The highest BCUT2D eigenvalue weighted by molar-refractivity contribution is 7.27. The van der Waals surface area contributed by atoms with Gasteiger partial charge in [-0.05, 0) is 12.1 Å². The monoisotopic (exact) mass is 141 g/mol. The van der Waals surface area contributed by atoms with E-state index in [1.807, 2.05) is 0 Å². The van der Waals surface area contributed by atoms with Crippen molar-refractivity contribution < 1.29 is 9.90 Å². The number of aromatic nitrogens is 1. The van der Waals surface area contributed by atoms with Gasteiger partial charge in [0.15, 0.2) is 0 Å². The number of carboxylic acids is 1. The SMILES string of the molecule is O=C(O)c1cccnp1. The smallest absolute Gasteiger partial charge is 0.341 e. The first kappa shape index (κ1) is 6.17. The van der Waals surface area contributed by atoms with E-state index in [0.717, 1.165) is 0 Å². The van der Waals surface area contributed by atoms with Crippen LogP contribution in [0.1, 0.15) is 10.1 Å². The lowest BCUT2D eigenvalue weighted by molar-refractivity contribution is 0.0702. The number of nitrogens with zero attached hydrogens (tertiary/aromatic N) is 1. The Morgan fingerprint density at radius 2 is 2.56 bits per heavy atom. The van der Waals surface area contributed by atoms with Crippen molar-refractivity contribution in [2.45, 2.75) is 0 Å². The van der Waals surface area contributed by atoms with E-state index in [-0.39, 0.29) is 0 Å². The topological polar surface area (TPSA) is 50.2 Å². The lowest BCUT2D eigenvalue weighted by Gasteiger charge is -1.86. The minimum absolute atomic E-state index is 0.317. The Labute approximate surface area is 53.5 Å². The Kier molecular flexibility index (Phi) is 1.75. The largest absolute Gasteiger partial charge is 0.477 e. The molecular weight excluding hydrogens is 137 g/mol. The van der Waals surface area contributed by atoms with Gasteiger partial charge >= 0.3 is 5.97 Å². The summed E-state index contributed by atoms with van der Waals surface area (Å²) < 4.78 is 3.72. The summed E-state index contributed by atoms with van der Waals surface area (Å²) in [5, 5.41) is 8.69. The van der Waals surface area contributed by atoms with Crippen LogP contribution in [-0.4, -0.2) is 15.8 Å². The highest BCUT2D eigenvalue weighted by Gasteiger charge is 1.99. The Hall–Kier alpha value is -0.950. The molecule has 4 heteroatoms. The first-order valence-electron chi connectivity index (χ1n) is 2.31. The maximum atomic E-state index is 10.2. The predicted molar refractivity (Wildman–Crippen MR) is 33.7 cm³/mol. The van der Waals surface area contributed by atoms with Crippen molar-refractivity contribution in [1.29, 1.82) is 0 Å². The second kappa shape index (κ2) is 2.55. The Bertz CT molecular complexity index is 211. The summed E-state index contributed by atoms with van der Waals surface area (Å²) in [6.07, 6.45) is 1.58. The second-order valence-corrected chi connectivity index (χ2v) is 2.33. The first-order chi connectivity index (χ1) is 4.30. The lowest BCUT2D eigenvalue weighted by Crippen LogP contribution is -1.91. The van der Waals surface area contributed by atoms with E-state index in [9.17, 15) is 4.79 Å². The summed E-state index contributed by atoms with van der Waals surface area (Å²) in [7, 11) is 0.522. The molecule has 0 radical (unpaired) electrons. The molecule has 1 aromatic rings. The molecule has 0 bridgehead atoms. The van der Waals surface area contributed by atoms with Crippen molar-refractivity contribution in [2.24, 2.45) is 0 Å². The molecule has 0 aliphatic carbocycles. The molecule has 3 nitrogen and oxygen atoms in total. The first-order valence-corrected chi connectivity index (χ1v) is 3.16. The normalized spacial score (nSPS) is 9.78. The minimum Gasteiger partial charge on any atom is -0.477 e. The third-order valence-electron chi connectivity index (χ3n) is 0.791. The van der Waals surface area contributed by atoms with Gasteiger partial charge in [-0.25, -0.2) is 9.54 Å². The molecule has 1 heterocycles. The van der Waals surface area contributed by atoms with Crippen LogP contribution in [0.5, 0.6) is 0 Å². The quantitative estimate of drug-likeness (QED) is 0.642. The van der Waals surface area contributed by atoms with Crippen LogP contribution in [0.4, 0.5) is 0 Å². The number of rotatable bonds is 1. The third kappa shape index (κ3) is 1.47. The van der Waals surface area contributed by atoms with Crippen LogP contribution < -0.4 is 0 Å². The number of hydrogen-bond donors (Lipinski definition) is 1. The zero-order valence-electron chi connectivity index (χ0n) is 4.48. The zero-order chi connectivity index (χ0) is 6.69. The molecule has 0 unspecified atom stereocenters. The molecule has 0 saturated carbocycles. The van der Waals surface area contributed by atoms with Gasteiger partial charge in [0.2, 0.25) is 0 Å². The molecule has 0 aliphatic rings. The Morgan fingerprint density at radius 1 is 1.78 bits per heavy atom. The van der Waals surface area contributed by atoms with Crippen LogP contribution in [0.3, 0.4) is 0 Å². The highest BCUT2D eigenvalue weighted by atomic mass is 31.0. The Morgan fingerprint density at radius 3 is 2.89 bits per heavy atom. The van der Waals surface area contributed by atoms with Crippen molar-refractivity contribution in [1.82, 2.24) is 4.75 Å². The zero-order valence-corrected chi connectivity index (χ0v) is 5.38. The standard InChI is InChI=1S/C5H4NO2P/c7-5(8)4-2-1-3-6-9-4/h1-3H,(H,7,8). The summed E-state index contributed by atoms with van der Waals surface area (Å²) in [6, 6.07) is 3.15. The van der Waals surface area contributed by atoms with Crippen LogP contribution in [0, 0.1) is 0 Å². The summed E-state index contributed by atoms with van der Waals surface area (Å²) in [6.45, 7) is 0. The van der Waals surface area contributed by atoms with Gasteiger partial charge in [0.25, 0.3) is 0 Å². The maximum Gasteiger partial charge on any atom is 0.341 e. The van der Waals surface area contributed by atoms with E-state index in [2.05, 4.69) is 4.75 Å². The van der Waals surface area contributed by atoms with E-state index in [4.69, 9.17) is 5.11 Å². The molecule has 9 heavy (non-hydrogen) atoms. The number of carbonyl (C=O) groups is 1. The Balaban J connectivity index is 2.98. The van der Waals surface area contributed by atoms with Gasteiger partial charge in [-0.3, -0.25) is 0 Å². The van der Waals surface area contributed by atoms with Gasteiger partial charge in [-0.2, -0.15) is 0 Å². The number of hydrogen-bond acceptors (Lipinski definition) is 2. The second-order valence-electron chi connectivity index (χ2n) is 1.41. The van der Waals surface area contributed by atoms with Crippen LogP contribution in [-0.2, 0) is 0 Å². The highest BCUT2D eigenvalue weighted by Crippen LogP contribution is 2.07. The van der Waals surface area contributed by atoms with E-state index < -0.39 is 5.97 Å². The lowest BCUT2D eigenvalue weighted by atomic mass is 10.5. The van der Waals surface area contributed by atoms with Crippen LogP contribution in [0.15, 0.2) is 18.3 Å². The molecule has 1 N–H and O–H groups in total. The van der Waals surface area contributed by atoms with Gasteiger partial charge in [-0.15, -0.1) is 0 Å². The van der Waals surface area contributed by atoms with E-state index in [1.165, 1.54) is 6.07 Å². The maximum absolute atomic E-state index is 10.2. The van der Waals surface area contributed by atoms with E-state index in [0.29, 0.717) is 13.6 Å². The minimum atomic E-state index is -0.898. The van der Waals surface area contributed by atoms with Crippen molar-refractivity contribution in [3.63, 3.8) is 0 Å². The van der Waals surface area contributed by atoms with Gasteiger partial charge in [0.1, 0.15) is 5.30 Å². The van der Waals surface area contributed by atoms with E-state index in [1.54, 1.807) is 12.3 Å². The molecule has 0 aromatic carbocycles. The van der Waals surface area contributed by atoms with Crippen LogP contribution in [0.25, 0.3) is 0 Å². The fraction of sp³-hybridized carbons (Fsp3) is 0. The van der Waals surface area contributed by atoms with Crippen LogP contribution in [0.2, 0.25) is 0 Å². The summed E-state index contributed by atoms with van der Waals surface area (Å²) in [5.41, 5.74) is 0. The van der Waals surface area contributed by atoms with Gasteiger partial charge in [-0.1, -0.05) is 0 Å². The molecule has 0 atom stereocenters. The average Bonchev–Trinajstić information content (AvgIpc) is 1.90. The molecule has 0 fully saturated rings. The van der Waals surface area contributed by atoms with Gasteiger partial charge in [0.05, 0.1) is 8.35 Å². The van der Waals surface area contributed by atoms with Gasteiger partial charge in [0, 0.05) is 6.20 Å². The molecule has 0 saturated heterocycles. The van der Waals surface area contributed by atoms with Crippen molar-refractivity contribution in [2.75, 3.05) is 0 Å². The van der Waals surface area contributed by atoms with Crippen molar-refractivity contribution in [3.05, 3.63) is 23.6 Å². The fourth-order valence-corrected chi connectivity index (χ4v) is 0.922. The van der Waals surface area contributed by atoms with Crippen molar-refractivity contribution >= 4 is 14.3 Å². The molecule has 46 valence electrons. The van der Waals surface area contributed by atoms with E-state index >= 15 is 0 Å². The molecule has 1 rings (SSSR count). The molecule has 0 amide bonds.